The summed E-state index contributed by atoms with van der Waals surface area (Å²) in [7, 11) is 0. The first-order chi connectivity index (χ1) is 8.42. The summed E-state index contributed by atoms with van der Waals surface area (Å²) >= 11 is 0. The molecule has 1 aliphatic heterocycles. The second-order valence-electron chi connectivity index (χ2n) is 4.77. The first-order valence-electron chi connectivity index (χ1n) is 5.89. The molecule has 2 rings (SSSR count). The van der Waals surface area contributed by atoms with Crippen LogP contribution in [0.4, 0.5) is 9.18 Å². The van der Waals surface area contributed by atoms with E-state index in [2.05, 4.69) is 0 Å². The fraction of sp³-hybridized carbons (Fsp3) is 0.462. The van der Waals surface area contributed by atoms with Crippen molar-refractivity contribution in [2.45, 2.75) is 25.4 Å². The zero-order chi connectivity index (χ0) is 13.3. The van der Waals surface area contributed by atoms with E-state index in [9.17, 15) is 14.3 Å². The topological polar surface area (TPSA) is 60.8 Å². The van der Waals surface area contributed by atoms with Gasteiger partial charge in [-0.05, 0) is 37.0 Å². The van der Waals surface area contributed by atoms with Crippen LogP contribution >= 0.6 is 0 Å². The van der Waals surface area contributed by atoms with Gasteiger partial charge in [-0.1, -0.05) is 12.1 Å². The number of benzene rings is 1. The minimum Gasteiger partial charge on any atom is -0.465 e. The number of aliphatic hydroxyl groups is 1. The molecule has 0 aliphatic carbocycles. The predicted octanol–water partition coefficient (Wildman–Crippen LogP) is 2.10. The highest BCUT2D eigenvalue weighted by atomic mass is 19.1. The summed E-state index contributed by atoms with van der Waals surface area (Å²) in [4.78, 5) is 12.0. The molecule has 1 heterocycles. The van der Waals surface area contributed by atoms with Gasteiger partial charge in [-0.2, -0.15) is 0 Å². The van der Waals surface area contributed by atoms with Crippen LogP contribution in [-0.2, 0) is 5.60 Å². The summed E-state index contributed by atoms with van der Waals surface area (Å²) in [5.74, 6) is -0.346. The standard InChI is InChI=1S/C13H16FNO3/c1-9-2-3-10(8-11(9)14)13(18)4-6-15(7-5-13)12(16)17/h2-3,8,18H,4-7H2,1H3,(H,16,17). The van der Waals surface area contributed by atoms with Crippen molar-refractivity contribution < 1.29 is 19.4 Å². The second-order valence-corrected chi connectivity index (χ2v) is 4.77. The molecule has 1 aliphatic rings. The van der Waals surface area contributed by atoms with E-state index in [1.54, 1.807) is 19.1 Å². The fourth-order valence-electron chi connectivity index (χ4n) is 2.24. The summed E-state index contributed by atoms with van der Waals surface area (Å²) in [5.41, 5.74) is -0.0681. The van der Waals surface area contributed by atoms with Gasteiger partial charge >= 0.3 is 6.09 Å². The largest absolute Gasteiger partial charge is 0.465 e. The Balaban J connectivity index is 2.18. The van der Waals surface area contributed by atoms with Gasteiger partial charge in [-0.15, -0.1) is 0 Å². The lowest BCUT2D eigenvalue weighted by molar-refractivity contribution is -0.0215. The van der Waals surface area contributed by atoms with Crippen molar-refractivity contribution in [2.75, 3.05) is 13.1 Å². The molecular formula is C13H16FNO3. The van der Waals surface area contributed by atoms with E-state index in [1.165, 1.54) is 11.0 Å². The van der Waals surface area contributed by atoms with Crippen LogP contribution in [0, 0.1) is 12.7 Å². The van der Waals surface area contributed by atoms with Gasteiger partial charge in [0, 0.05) is 13.1 Å². The van der Waals surface area contributed by atoms with Crippen LogP contribution in [0.3, 0.4) is 0 Å². The summed E-state index contributed by atoms with van der Waals surface area (Å²) in [6, 6.07) is 4.67. The maximum Gasteiger partial charge on any atom is 0.407 e. The van der Waals surface area contributed by atoms with Crippen molar-refractivity contribution >= 4 is 6.09 Å². The van der Waals surface area contributed by atoms with Gasteiger partial charge < -0.3 is 15.1 Å². The molecule has 1 fully saturated rings. The third kappa shape index (κ3) is 2.31. The average Bonchev–Trinajstić information content (AvgIpc) is 2.33. The molecule has 1 aromatic carbocycles. The molecule has 2 N–H and O–H groups in total. The van der Waals surface area contributed by atoms with Crippen molar-refractivity contribution in [3.8, 4) is 0 Å². The van der Waals surface area contributed by atoms with E-state index in [0.29, 0.717) is 24.0 Å². The summed E-state index contributed by atoms with van der Waals surface area (Å²) < 4.78 is 13.5. The number of likely N-dealkylation sites (tertiary alicyclic amines) is 1. The molecule has 0 radical (unpaired) electrons. The van der Waals surface area contributed by atoms with Gasteiger partial charge in [0.05, 0.1) is 5.60 Å². The molecule has 0 atom stereocenters. The Hall–Kier alpha value is -1.62. The number of piperidine rings is 1. The molecule has 1 saturated heterocycles. The smallest absolute Gasteiger partial charge is 0.407 e. The van der Waals surface area contributed by atoms with E-state index in [0.717, 1.165) is 0 Å². The maximum atomic E-state index is 13.5. The van der Waals surface area contributed by atoms with E-state index in [1.807, 2.05) is 0 Å². The fourth-order valence-corrected chi connectivity index (χ4v) is 2.24. The lowest BCUT2D eigenvalue weighted by atomic mass is 9.84. The zero-order valence-corrected chi connectivity index (χ0v) is 10.2. The Kier molecular flexibility index (Phi) is 3.26. The van der Waals surface area contributed by atoms with E-state index < -0.39 is 11.7 Å². The van der Waals surface area contributed by atoms with Gasteiger partial charge in [0.25, 0.3) is 0 Å². The monoisotopic (exact) mass is 253 g/mol. The Morgan fingerprint density at radius 1 is 1.39 bits per heavy atom. The summed E-state index contributed by atoms with van der Waals surface area (Å²) in [6.07, 6.45) is -0.393. The number of halogens is 1. The third-order valence-corrected chi connectivity index (χ3v) is 3.57. The summed E-state index contributed by atoms with van der Waals surface area (Å²) in [5, 5.41) is 19.3. The van der Waals surface area contributed by atoms with Crippen LogP contribution in [0.5, 0.6) is 0 Å². The number of rotatable bonds is 1. The van der Waals surface area contributed by atoms with Gasteiger partial charge in [-0.25, -0.2) is 9.18 Å². The number of hydrogen-bond acceptors (Lipinski definition) is 2. The predicted molar refractivity (Wildman–Crippen MR) is 63.9 cm³/mol. The second kappa shape index (κ2) is 4.57. The molecule has 5 heteroatoms. The lowest BCUT2D eigenvalue weighted by Gasteiger charge is -2.37. The van der Waals surface area contributed by atoms with E-state index >= 15 is 0 Å². The summed E-state index contributed by atoms with van der Waals surface area (Å²) in [6.45, 7) is 2.19. The Morgan fingerprint density at radius 2 is 2.00 bits per heavy atom. The van der Waals surface area contributed by atoms with Gasteiger partial charge in [0.15, 0.2) is 0 Å². The van der Waals surface area contributed by atoms with Gasteiger partial charge in [0.2, 0.25) is 0 Å². The molecule has 98 valence electrons. The first-order valence-corrected chi connectivity index (χ1v) is 5.89. The van der Waals surface area contributed by atoms with Crippen LogP contribution in [0.1, 0.15) is 24.0 Å². The van der Waals surface area contributed by atoms with Crippen LogP contribution in [0.25, 0.3) is 0 Å². The van der Waals surface area contributed by atoms with Crippen LogP contribution in [0.2, 0.25) is 0 Å². The van der Waals surface area contributed by atoms with Crippen molar-refractivity contribution in [1.29, 1.82) is 0 Å². The molecule has 0 unspecified atom stereocenters. The van der Waals surface area contributed by atoms with Crippen LogP contribution in [0.15, 0.2) is 18.2 Å². The number of amides is 1. The maximum absolute atomic E-state index is 13.5. The number of carboxylic acid groups (broad SMARTS) is 1. The molecule has 4 nitrogen and oxygen atoms in total. The highest BCUT2D eigenvalue weighted by Crippen LogP contribution is 2.33. The molecule has 0 aromatic heterocycles. The quantitative estimate of drug-likeness (QED) is 0.805. The van der Waals surface area contributed by atoms with Crippen molar-refractivity contribution in [3.63, 3.8) is 0 Å². The Morgan fingerprint density at radius 3 is 2.50 bits per heavy atom. The Bertz CT molecular complexity index is 467. The number of aryl methyl sites for hydroxylation is 1. The van der Waals surface area contributed by atoms with Gasteiger partial charge in [-0.3, -0.25) is 0 Å². The number of hydrogen-bond donors (Lipinski definition) is 2. The molecular weight excluding hydrogens is 237 g/mol. The van der Waals surface area contributed by atoms with E-state index in [4.69, 9.17) is 5.11 Å². The zero-order valence-electron chi connectivity index (χ0n) is 10.2. The van der Waals surface area contributed by atoms with Gasteiger partial charge in [0.1, 0.15) is 5.82 Å². The van der Waals surface area contributed by atoms with Crippen molar-refractivity contribution in [1.82, 2.24) is 4.90 Å². The molecule has 18 heavy (non-hydrogen) atoms. The van der Waals surface area contributed by atoms with Crippen molar-refractivity contribution in [2.24, 2.45) is 0 Å². The third-order valence-electron chi connectivity index (χ3n) is 3.57. The minimum absolute atomic E-state index is 0.265. The SMILES string of the molecule is Cc1ccc(C2(O)CCN(C(=O)O)CC2)cc1F. The molecule has 0 saturated carbocycles. The minimum atomic E-state index is -1.12. The lowest BCUT2D eigenvalue weighted by Crippen LogP contribution is -2.44. The molecule has 1 amide bonds. The highest BCUT2D eigenvalue weighted by molar-refractivity contribution is 5.65. The van der Waals surface area contributed by atoms with E-state index in [-0.39, 0.29) is 18.9 Å². The van der Waals surface area contributed by atoms with Crippen LogP contribution in [-0.4, -0.2) is 34.3 Å². The molecule has 1 aromatic rings. The first kappa shape index (κ1) is 12.8. The number of nitrogens with zero attached hydrogens (tertiary/aromatic N) is 1. The number of carbonyl (C=O) groups is 1. The Labute approximate surface area is 105 Å². The molecule has 0 bridgehead atoms. The van der Waals surface area contributed by atoms with Crippen LogP contribution < -0.4 is 0 Å². The van der Waals surface area contributed by atoms with Crippen molar-refractivity contribution in [3.05, 3.63) is 35.1 Å². The normalized spacial score (nSPS) is 18.7. The highest BCUT2D eigenvalue weighted by Gasteiger charge is 2.35. The average molecular weight is 253 g/mol. The molecule has 0 spiro atoms.